The Labute approximate surface area is 120 Å². The van der Waals surface area contributed by atoms with Gasteiger partial charge in [-0.15, -0.1) is 23.7 Å². The first-order valence-electron chi connectivity index (χ1n) is 5.45. The maximum Gasteiger partial charge on any atom is 0.252 e. The number of nitrogens with one attached hydrogen (secondary N) is 2. The van der Waals surface area contributed by atoms with Crippen LogP contribution in [-0.2, 0) is 0 Å². The molecule has 1 aliphatic heterocycles. The lowest BCUT2D eigenvalue weighted by atomic mass is 10.00. The van der Waals surface area contributed by atoms with E-state index in [9.17, 15) is 4.79 Å². The minimum atomic E-state index is 0. The molecule has 1 aliphatic rings. The molecule has 0 radical (unpaired) electrons. The third kappa shape index (κ3) is 3.95. The van der Waals surface area contributed by atoms with Crippen molar-refractivity contribution in [3.63, 3.8) is 0 Å². The second kappa shape index (κ2) is 6.73. The van der Waals surface area contributed by atoms with Gasteiger partial charge in [-0.05, 0) is 48.3 Å². The van der Waals surface area contributed by atoms with Gasteiger partial charge in [0.15, 0.2) is 0 Å². The van der Waals surface area contributed by atoms with E-state index in [4.69, 9.17) is 0 Å². The fourth-order valence-electron chi connectivity index (χ4n) is 1.92. The van der Waals surface area contributed by atoms with Gasteiger partial charge in [0, 0.05) is 17.5 Å². The quantitative estimate of drug-likeness (QED) is 0.870. The molecule has 0 spiro atoms. The van der Waals surface area contributed by atoms with Gasteiger partial charge in [0.05, 0.1) is 9.35 Å². The molecule has 2 atom stereocenters. The molecular weight excluding hydrogens is 324 g/mol. The minimum absolute atomic E-state index is 0. The normalized spacial score (nSPS) is 23.9. The molecule has 0 saturated carbocycles. The average molecular weight is 340 g/mol. The summed E-state index contributed by atoms with van der Waals surface area (Å²) in [6.45, 7) is 3.17. The summed E-state index contributed by atoms with van der Waals surface area (Å²) in [4.78, 5) is 11.9. The van der Waals surface area contributed by atoms with Gasteiger partial charge in [0.1, 0.15) is 0 Å². The number of piperidine rings is 1. The van der Waals surface area contributed by atoms with E-state index < -0.39 is 0 Å². The van der Waals surface area contributed by atoms with Gasteiger partial charge in [-0.2, -0.15) is 0 Å². The van der Waals surface area contributed by atoms with Crippen LogP contribution in [0.4, 0.5) is 0 Å². The molecule has 3 nitrogen and oxygen atoms in total. The summed E-state index contributed by atoms with van der Waals surface area (Å²) in [6.07, 6.45) is 2.19. The molecule has 1 amide bonds. The van der Waals surface area contributed by atoms with Crippen LogP contribution < -0.4 is 10.6 Å². The Morgan fingerprint density at radius 2 is 2.41 bits per heavy atom. The van der Waals surface area contributed by atoms with Crippen molar-refractivity contribution in [3.05, 3.63) is 20.8 Å². The van der Waals surface area contributed by atoms with E-state index >= 15 is 0 Å². The number of amides is 1. The summed E-state index contributed by atoms with van der Waals surface area (Å²) in [6, 6.07) is 2.47. The molecule has 2 N–H and O–H groups in total. The number of halogens is 2. The van der Waals surface area contributed by atoms with E-state index in [1.54, 1.807) is 0 Å². The van der Waals surface area contributed by atoms with Crippen LogP contribution in [0.25, 0.3) is 0 Å². The van der Waals surface area contributed by atoms with Crippen LogP contribution in [0.3, 0.4) is 0 Å². The fourth-order valence-corrected chi connectivity index (χ4v) is 3.06. The van der Waals surface area contributed by atoms with Gasteiger partial charge in [-0.25, -0.2) is 0 Å². The van der Waals surface area contributed by atoms with Crippen molar-refractivity contribution in [2.75, 3.05) is 6.54 Å². The number of thiophene rings is 1. The topological polar surface area (TPSA) is 41.1 Å². The predicted molar refractivity (Wildman–Crippen MR) is 77.2 cm³/mol. The van der Waals surface area contributed by atoms with Crippen LogP contribution in [-0.4, -0.2) is 24.5 Å². The molecule has 1 aromatic heterocycles. The van der Waals surface area contributed by atoms with E-state index in [0.29, 0.717) is 6.04 Å². The SMILES string of the molecule is CC1NCCCC1NC(=O)c1csc(Br)c1.Cl. The van der Waals surface area contributed by atoms with Crippen molar-refractivity contribution in [1.29, 1.82) is 0 Å². The first-order valence-corrected chi connectivity index (χ1v) is 7.12. The Bertz CT molecular complexity index is 385. The number of carbonyl (C=O) groups excluding carboxylic acids is 1. The van der Waals surface area contributed by atoms with E-state index in [-0.39, 0.29) is 24.4 Å². The zero-order chi connectivity index (χ0) is 11.5. The first-order chi connectivity index (χ1) is 7.66. The van der Waals surface area contributed by atoms with E-state index in [0.717, 1.165) is 28.7 Å². The Morgan fingerprint density at radius 3 is 3.00 bits per heavy atom. The molecule has 6 heteroatoms. The Hall–Kier alpha value is -0.100. The highest BCUT2D eigenvalue weighted by atomic mass is 79.9. The molecule has 1 fully saturated rings. The molecule has 2 unspecified atom stereocenters. The summed E-state index contributed by atoms with van der Waals surface area (Å²) in [5, 5.41) is 8.33. The third-order valence-electron chi connectivity index (χ3n) is 2.91. The van der Waals surface area contributed by atoms with Gasteiger partial charge >= 0.3 is 0 Å². The van der Waals surface area contributed by atoms with Crippen LogP contribution in [0.15, 0.2) is 15.2 Å². The second-order valence-corrected chi connectivity index (χ2v) is 6.39. The van der Waals surface area contributed by atoms with Crippen LogP contribution in [0.5, 0.6) is 0 Å². The third-order valence-corrected chi connectivity index (χ3v) is 4.41. The maximum atomic E-state index is 11.9. The van der Waals surface area contributed by atoms with Gasteiger partial charge in [-0.1, -0.05) is 0 Å². The number of rotatable bonds is 2. The molecule has 0 bridgehead atoms. The lowest BCUT2D eigenvalue weighted by Gasteiger charge is -2.30. The standard InChI is InChI=1S/C11H15BrN2OS.ClH/c1-7-9(3-2-4-13-7)14-11(15)8-5-10(12)16-6-8;/h5-7,9,13H,2-4H2,1H3,(H,14,15);1H. The van der Waals surface area contributed by atoms with Crippen LogP contribution >= 0.6 is 39.7 Å². The van der Waals surface area contributed by atoms with E-state index in [1.165, 1.54) is 11.3 Å². The highest BCUT2D eigenvalue weighted by Crippen LogP contribution is 2.21. The lowest BCUT2D eigenvalue weighted by Crippen LogP contribution is -2.51. The van der Waals surface area contributed by atoms with Crippen molar-refractivity contribution < 1.29 is 4.79 Å². The molecule has 1 saturated heterocycles. The monoisotopic (exact) mass is 338 g/mol. The molecule has 2 heterocycles. The molecule has 1 aromatic rings. The maximum absolute atomic E-state index is 11.9. The van der Waals surface area contributed by atoms with Crippen LogP contribution in [0.2, 0.25) is 0 Å². The predicted octanol–water partition coefficient (Wildman–Crippen LogP) is 2.80. The van der Waals surface area contributed by atoms with Crippen molar-refractivity contribution in [2.24, 2.45) is 0 Å². The Balaban J connectivity index is 0.00000144. The van der Waals surface area contributed by atoms with Gasteiger partial charge < -0.3 is 10.6 Å². The second-order valence-electron chi connectivity index (χ2n) is 4.10. The summed E-state index contributed by atoms with van der Waals surface area (Å²) in [7, 11) is 0. The Morgan fingerprint density at radius 1 is 1.65 bits per heavy atom. The number of hydrogen-bond donors (Lipinski definition) is 2. The number of carbonyl (C=O) groups is 1. The highest BCUT2D eigenvalue weighted by Gasteiger charge is 2.22. The highest BCUT2D eigenvalue weighted by molar-refractivity contribution is 9.11. The van der Waals surface area contributed by atoms with Crippen LogP contribution in [0.1, 0.15) is 30.1 Å². The zero-order valence-corrected chi connectivity index (χ0v) is 12.8. The molecule has 0 aliphatic carbocycles. The molecular formula is C11H16BrClN2OS. The number of hydrogen-bond acceptors (Lipinski definition) is 3. The summed E-state index contributed by atoms with van der Waals surface area (Å²) >= 11 is 4.90. The average Bonchev–Trinajstić information content (AvgIpc) is 2.68. The minimum Gasteiger partial charge on any atom is -0.348 e. The van der Waals surface area contributed by atoms with E-state index in [1.807, 2.05) is 11.4 Å². The molecule has 0 aromatic carbocycles. The Kier molecular flexibility index (Phi) is 5.92. The molecule has 2 rings (SSSR count). The smallest absolute Gasteiger partial charge is 0.252 e. The largest absolute Gasteiger partial charge is 0.348 e. The van der Waals surface area contributed by atoms with Gasteiger partial charge in [-0.3, -0.25) is 4.79 Å². The molecule has 96 valence electrons. The van der Waals surface area contributed by atoms with Crippen molar-refractivity contribution >= 4 is 45.6 Å². The van der Waals surface area contributed by atoms with Crippen molar-refractivity contribution in [3.8, 4) is 0 Å². The summed E-state index contributed by atoms with van der Waals surface area (Å²) in [5.41, 5.74) is 0.745. The van der Waals surface area contributed by atoms with Crippen LogP contribution in [0, 0.1) is 0 Å². The fraction of sp³-hybridized carbons (Fsp3) is 0.545. The summed E-state index contributed by atoms with van der Waals surface area (Å²) in [5.74, 6) is 0.0301. The van der Waals surface area contributed by atoms with E-state index in [2.05, 4.69) is 33.5 Å². The van der Waals surface area contributed by atoms with Crippen molar-refractivity contribution in [1.82, 2.24) is 10.6 Å². The lowest BCUT2D eigenvalue weighted by molar-refractivity contribution is 0.0920. The van der Waals surface area contributed by atoms with Gasteiger partial charge in [0.25, 0.3) is 5.91 Å². The summed E-state index contributed by atoms with van der Waals surface area (Å²) < 4.78 is 0.993. The molecule has 17 heavy (non-hydrogen) atoms. The van der Waals surface area contributed by atoms with Gasteiger partial charge in [0.2, 0.25) is 0 Å². The zero-order valence-electron chi connectivity index (χ0n) is 9.53. The van der Waals surface area contributed by atoms with Crippen molar-refractivity contribution in [2.45, 2.75) is 31.8 Å². The first kappa shape index (κ1) is 15.0.